The van der Waals surface area contributed by atoms with E-state index in [1.165, 1.54) is 37.3 Å². The molecule has 0 saturated carbocycles. The predicted octanol–water partition coefficient (Wildman–Crippen LogP) is 2.84. The minimum atomic E-state index is -0.757. The van der Waals surface area contributed by atoms with E-state index in [-0.39, 0.29) is 36.9 Å². The van der Waals surface area contributed by atoms with Crippen molar-refractivity contribution in [3.63, 3.8) is 0 Å². The van der Waals surface area contributed by atoms with Crippen LogP contribution in [0.4, 0.5) is 19.3 Å². The van der Waals surface area contributed by atoms with Crippen molar-refractivity contribution in [3.05, 3.63) is 64.7 Å². The second kappa shape index (κ2) is 10.2. The summed E-state index contributed by atoms with van der Waals surface area (Å²) >= 11 is 0. The van der Waals surface area contributed by atoms with Gasteiger partial charge in [-0.05, 0) is 55.7 Å². The van der Waals surface area contributed by atoms with Crippen molar-refractivity contribution in [1.29, 1.82) is 0 Å². The van der Waals surface area contributed by atoms with E-state index in [1.807, 2.05) is 11.9 Å². The van der Waals surface area contributed by atoms with E-state index in [0.717, 1.165) is 0 Å². The fraction of sp³-hybridized carbons (Fsp3) is 0.423. The van der Waals surface area contributed by atoms with Gasteiger partial charge < -0.3 is 25.5 Å². The second-order valence-corrected chi connectivity index (χ2v) is 9.56. The number of Topliss-reactive ketones (excluding diaryl/α,β-unsaturated/α-hetero) is 1. The molecular weight excluding hydrogens is 470 g/mol. The Hall–Kier alpha value is -3.53. The lowest BCUT2D eigenvalue weighted by molar-refractivity contribution is 0.0888. The highest BCUT2D eigenvalue weighted by atomic mass is 19.1. The van der Waals surface area contributed by atoms with Crippen molar-refractivity contribution in [1.82, 2.24) is 15.5 Å². The van der Waals surface area contributed by atoms with Gasteiger partial charge in [-0.25, -0.2) is 13.6 Å². The third-order valence-electron chi connectivity index (χ3n) is 7.08. The second-order valence-electron chi connectivity index (χ2n) is 9.56. The van der Waals surface area contributed by atoms with Gasteiger partial charge >= 0.3 is 6.03 Å². The number of anilines is 1. The number of fused-ring (bicyclic) bond motifs is 1. The first-order valence-corrected chi connectivity index (χ1v) is 11.9. The normalized spacial score (nSPS) is 17.5. The van der Waals surface area contributed by atoms with Crippen molar-refractivity contribution in [2.75, 3.05) is 31.6 Å². The molecule has 0 aromatic heterocycles. The fourth-order valence-electron chi connectivity index (χ4n) is 4.91. The standard InChI is InChI=1S/C26H30F2N4O4/c1-16(33)14-29-24(35)19-11-17(3-5-21(19)28)15-30-25(36)32-9-7-26(8-10-32)13-23(34)20-12-18(27)4-6-22(20)31(26)2/h3-6,11-12,16,33H,7-10,13-15H2,1-2H3,(H,29,35)(H,30,36)/t16-/m0/s1. The number of piperidine rings is 1. The van der Waals surface area contributed by atoms with E-state index in [9.17, 15) is 28.3 Å². The third kappa shape index (κ3) is 5.18. The van der Waals surface area contributed by atoms with Crippen LogP contribution < -0.4 is 15.5 Å². The minimum absolute atomic E-state index is 0.00105. The number of hydrogen-bond donors (Lipinski definition) is 3. The number of hydrogen-bond acceptors (Lipinski definition) is 5. The zero-order valence-corrected chi connectivity index (χ0v) is 20.3. The summed E-state index contributed by atoms with van der Waals surface area (Å²) in [4.78, 5) is 41.5. The number of halogens is 2. The number of likely N-dealkylation sites (tertiary alicyclic amines) is 1. The van der Waals surface area contributed by atoms with Crippen LogP contribution in [0.5, 0.6) is 0 Å². The van der Waals surface area contributed by atoms with Crippen LogP contribution in [-0.4, -0.2) is 66.1 Å². The Kier molecular flexibility index (Phi) is 7.26. The highest BCUT2D eigenvalue weighted by Gasteiger charge is 2.45. The smallest absolute Gasteiger partial charge is 0.317 e. The number of aliphatic hydroxyl groups is 1. The SMILES string of the molecule is C[C@H](O)CNC(=O)c1cc(CNC(=O)N2CCC3(CC2)CC(=O)c2cc(F)ccc2N3C)ccc1F. The van der Waals surface area contributed by atoms with Crippen molar-refractivity contribution >= 4 is 23.4 Å². The minimum Gasteiger partial charge on any atom is -0.392 e. The van der Waals surface area contributed by atoms with E-state index < -0.39 is 29.2 Å². The van der Waals surface area contributed by atoms with Crippen LogP contribution in [0.2, 0.25) is 0 Å². The average Bonchev–Trinajstić information content (AvgIpc) is 2.85. The molecule has 0 aliphatic carbocycles. The van der Waals surface area contributed by atoms with Gasteiger partial charge in [0.1, 0.15) is 11.6 Å². The highest BCUT2D eigenvalue weighted by Crippen LogP contribution is 2.41. The molecule has 1 spiro atoms. The van der Waals surface area contributed by atoms with Gasteiger partial charge in [0.15, 0.2) is 5.78 Å². The summed E-state index contributed by atoms with van der Waals surface area (Å²) in [5.41, 5.74) is 1.07. The van der Waals surface area contributed by atoms with Crippen LogP contribution in [0.15, 0.2) is 36.4 Å². The quantitative estimate of drug-likeness (QED) is 0.586. The molecule has 0 unspecified atom stereocenters. The van der Waals surface area contributed by atoms with Gasteiger partial charge in [-0.3, -0.25) is 9.59 Å². The van der Waals surface area contributed by atoms with E-state index in [0.29, 0.717) is 42.7 Å². The number of benzene rings is 2. The largest absolute Gasteiger partial charge is 0.392 e. The summed E-state index contributed by atoms with van der Waals surface area (Å²) < 4.78 is 27.8. The molecule has 10 heteroatoms. The third-order valence-corrected chi connectivity index (χ3v) is 7.08. The number of amides is 3. The van der Waals surface area contributed by atoms with E-state index >= 15 is 0 Å². The summed E-state index contributed by atoms with van der Waals surface area (Å²) in [5.74, 6) is -1.86. The van der Waals surface area contributed by atoms with E-state index in [4.69, 9.17) is 0 Å². The number of ketones is 1. The van der Waals surface area contributed by atoms with Gasteiger partial charge in [-0.15, -0.1) is 0 Å². The number of urea groups is 1. The molecular formula is C26H30F2N4O4. The van der Waals surface area contributed by atoms with Gasteiger partial charge in [-0.1, -0.05) is 6.07 Å². The lowest BCUT2D eigenvalue weighted by atomic mass is 9.77. The lowest BCUT2D eigenvalue weighted by Gasteiger charge is -2.50. The number of nitrogens with zero attached hydrogens (tertiary/aromatic N) is 2. The number of carbonyl (C=O) groups excluding carboxylic acids is 3. The maximum atomic E-state index is 14.1. The Bertz CT molecular complexity index is 1180. The monoisotopic (exact) mass is 500 g/mol. The average molecular weight is 501 g/mol. The first kappa shape index (κ1) is 25.6. The fourth-order valence-corrected chi connectivity index (χ4v) is 4.91. The predicted molar refractivity (Wildman–Crippen MR) is 130 cm³/mol. The molecule has 4 rings (SSSR count). The van der Waals surface area contributed by atoms with Crippen LogP contribution in [0.1, 0.15) is 52.5 Å². The van der Waals surface area contributed by atoms with Crippen LogP contribution in [0.25, 0.3) is 0 Å². The first-order valence-electron chi connectivity index (χ1n) is 11.9. The van der Waals surface area contributed by atoms with Crippen molar-refractivity contribution in [3.8, 4) is 0 Å². The molecule has 8 nitrogen and oxygen atoms in total. The first-order chi connectivity index (χ1) is 17.1. The number of carbonyl (C=O) groups is 3. The molecule has 2 aromatic rings. The molecule has 1 saturated heterocycles. The van der Waals surface area contributed by atoms with Crippen LogP contribution in [0.3, 0.4) is 0 Å². The van der Waals surface area contributed by atoms with Crippen molar-refractivity contribution in [2.45, 2.75) is 44.4 Å². The van der Waals surface area contributed by atoms with Gasteiger partial charge in [-0.2, -0.15) is 0 Å². The van der Waals surface area contributed by atoms with Gasteiger partial charge in [0.05, 0.1) is 17.2 Å². The summed E-state index contributed by atoms with van der Waals surface area (Å²) in [7, 11) is 1.91. The number of nitrogens with one attached hydrogen (secondary N) is 2. The van der Waals surface area contributed by atoms with Gasteiger partial charge in [0.2, 0.25) is 0 Å². The molecule has 192 valence electrons. The Balaban J connectivity index is 1.35. The topological polar surface area (TPSA) is 102 Å². The van der Waals surface area contributed by atoms with Crippen LogP contribution in [0, 0.1) is 11.6 Å². The van der Waals surface area contributed by atoms with E-state index in [1.54, 1.807) is 11.0 Å². The zero-order chi connectivity index (χ0) is 26.0. The summed E-state index contributed by atoms with van der Waals surface area (Å²) in [6, 6.07) is 8.01. The van der Waals surface area contributed by atoms with E-state index in [2.05, 4.69) is 10.6 Å². The Morgan fingerprint density at radius 1 is 1.11 bits per heavy atom. The van der Waals surface area contributed by atoms with Crippen LogP contribution in [-0.2, 0) is 6.54 Å². The molecule has 0 bridgehead atoms. The Labute approximate surface area is 208 Å². The summed E-state index contributed by atoms with van der Waals surface area (Å²) in [6.45, 7) is 2.50. The Morgan fingerprint density at radius 2 is 1.83 bits per heavy atom. The van der Waals surface area contributed by atoms with Crippen molar-refractivity contribution in [2.24, 2.45) is 0 Å². The molecule has 3 amide bonds. The maximum absolute atomic E-state index is 14.1. The number of aliphatic hydroxyl groups excluding tert-OH is 1. The molecule has 2 aliphatic rings. The molecule has 1 atom stereocenters. The van der Waals surface area contributed by atoms with Crippen molar-refractivity contribution < 1.29 is 28.3 Å². The maximum Gasteiger partial charge on any atom is 0.317 e. The molecule has 2 aliphatic heterocycles. The summed E-state index contributed by atoms with van der Waals surface area (Å²) in [5, 5.41) is 14.6. The molecule has 0 radical (unpaired) electrons. The van der Waals surface area contributed by atoms with Crippen LogP contribution >= 0.6 is 0 Å². The molecule has 3 N–H and O–H groups in total. The molecule has 2 heterocycles. The van der Waals surface area contributed by atoms with Gasteiger partial charge in [0.25, 0.3) is 5.91 Å². The lowest BCUT2D eigenvalue weighted by Crippen LogP contribution is -2.59. The zero-order valence-electron chi connectivity index (χ0n) is 20.3. The highest BCUT2D eigenvalue weighted by molar-refractivity contribution is 6.04. The van der Waals surface area contributed by atoms with Gasteiger partial charge in [0, 0.05) is 50.9 Å². The Morgan fingerprint density at radius 3 is 2.53 bits per heavy atom. The summed E-state index contributed by atoms with van der Waals surface area (Å²) in [6.07, 6.45) is 0.686. The molecule has 1 fully saturated rings. The molecule has 2 aromatic carbocycles. The molecule has 36 heavy (non-hydrogen) atoms. The number of rotatable bonds is 5.